The Kier molecular flexibility index (Phi) is 12.3. The molecule has 0 heterocycles. The highest BCUT2D eigenvalue weighted by Gasteiger charge is 2.35. The predicted molar refractivity (Wildman–Crippen MR) is 184 cm³/mol. The van der Waals surface area contributed by atoms with Crippen molar-refractivity contribution in [3.05, 3.63) is 119 Å². The largest absolute Gasteiger partial charge is 0.493 e. The zero-order valence-electron chi connectivity index (χ0n) is 27.0. The molecule has 0 bridgehead atoms. The molecular formula is C36H40ClN3O6S. The molecule has 2 amide bonds. The number of ether oxygens (including phenoxy) is 2. The fourth-order valence-corrected chi connectivity index (χ4v) is 6.61. The number of aryl methyl sites for hydroxylation is 1. The summed E-state index contributed by atoms with van der Waals surface area (Å²) in [4.78, 5) is 29.7. The summed E-state index contributed by atoms with van der Waals surface area (Å²) in [7, 11) is -1.44. The van der Waals surface area contributed by atoms with E-state index in [0.717, 1.165) is 21.0 Å². The number of halogens is 1. The van der Waals surface area contributed by atoms with Gasteiger partial charge < -0.3 is 19.7 Å². The summed E-state index contributed by atoms with van der Waals surface area (Å²) in [6.45, 7) is 3.74. The standard InChI is InChI=1S/C36H40ClN3O6S/c1-5-21-38-36(42)32(22-27-9-7-6-8-10-27)39(24-28-13-15-29(37)16-14-28)35(41)25-40(30-17-11-26(2)12-18-30)47(43,44)31-19-20-33(45-3)34(23-31)46-4/h6-20,23,32H,5,21-22,24-25H2,1-4H3,(H,38,42)/t32-/m0/s1. The van der Waals surface area contributed by atoms with Crippen molar-refractivity contribution in [3.8, 4) is 11.5 Å². The maximum atomic E-state index is 14.5. The second kappa shape index (κ2) is 16.3. The van der Waals surface area contributed by atoms with E-state index in [0.29, 0.717) is 29.4 Å². The number of amides is 2. The SMILES string of the molecule is CCCNC(=O)[C@H](Cc1ccccc1)N(Cc1ccc(Cl)cc1)C(=O)CN(c1ccc(C)cc1)S(=O)(=O)c1ccc(OC)c(OC)c1. The van der Waals surface area contributed by atoms with E-state index < -0.39 is 28.5 Å². The Morgan fingerprint density at radius 1 is 0.851 bits per heavy atom. The number of rotatable bonds is 15. The summed E-state index contributed by atoms with van der Waals surface area (Å²) in [6.07, 6.45) is 0.933. The molecule has 1 atom stereocenters. The lowest BCUT2D eigenvalue weighted by atomic mass is 10.0. The van der Waals surface area contributed by atoms with Gasteiger partial charge in [-0.2, -0.15) is 0 Å². The molecule has 248 valence electrons. The third-order valence-corrected chi connectivity index (χ3v) is 9.65. The minimum Gasteiger partial charge on any atom is -0.493 e. The molecule has 0 saturated heterocycles. The minimum atomic E-state index is -4.32. The highest BCUT2D eigenvalue weighted by atomic mass is 35.5. The second-order valence-corrected chi connectivity index (χ2v) is 13.3. The van der Waals surface area contributed by atoms with Crippen LogP contribution in [0, 0.1) is 6.92 Å². The van der Waals surface area contributed by atoms with Crippen molar-refractivity contribution in [3.63, 3.8) is 0 Å². The average Bonchev–Trinajstić information content (AvgIpc) is 3.08. The quantitative estimate of drug-likeness (QED) is 0.165. The van der Waals surface area contributed by atoms with E-state index >= 15 is 0 Å². The number of carbonyl (C=O) groups is 2. The molecule has 47 heavy (non-hydrogen) atoms. The van der Waals surface area contributed by atoms with E-state index in [2.05, 4.69) is 5.32 Å². The van der Waals surface area contributed by atoms with E-state index in [4.69, 9.17) is 21.1 Å². The van der Waals surface area contributed by atoms with E-state index in [1.54, 1.807) is 48.5 Å². The van der Waals surface area contributed by atoms with Gasteiger partial charge in [-0.15, -0.1) is 0 Å². The number of nitrogens with one attached hydrogen (secondary N) is 1. The van der Waals surface area contributed by atoms with Gasteiger partial charge in [0.2, 0.25) is 11.8 Å². The van der Waals surface area contributed by atoms with Gasteiger partial charge in [0.1, 0.15) is 12.6 Å². The summed E-state index contributed by atoms with van der Waals surface area (Å²) < 4.78 is 40.4. The second-order valence-electron chi connectivity index (χ2n) is 11.0. The van der Waals surface area contributed by atoms with Crippen molar-refractivity contribution in [2.75, 3.05) is 31.6 Å². The monoisotopic (exact) mass is 677 g/mol. The first-order valence-corrected chi connectivity index (χ1v) is 17.1. The van der Waals surface area contributed by atoms with Crippen LogP contribution in [0.1, 0.15) is 30.0 Å². The molecule has 0 radical (unpaired) electrons. The molecule has 4 aromatic carbocycles. The summed E-state index contributed by atoms with van der Waals surface area (Å²) in [5.41, 5.74) is 2.80. The number of carbonyl (C=O) groups excluding carboxylic acids is 2. The Balaban J connectivity index is 1.81. The molecule has 0 aliphatic heterocycles. The van der Waals surface area contributed by atoms with Gasteiger partial charge in [0.05, 0.1) is 24.8 Å². The van der Waals surface area contributed by atoms with Crippen molar-refractivity contribution >= 4 is 39.1 Å². The first kappa shape index (κ1) is 35.3. The molecule has 0 saturated carbocycles. The van der Waals surface area contributed by atoms with Gasteiger partial charge in [-0.1, -0.05) is 78.7 Å². The molecule has 11 heteroatoms. The Morgan fingerprint density at radius 2 is 1.51 bits per heavy atom. The first-order chi connectivity index (χ1) is 22.6. The molecule has 0 spiro atoms. The van der Waals surface area contributed by atoms with Crippen molar-refractivity contribution in [2.24, 2.45) is 0 Å². The van der Waals surface area contributed by atoms with Gasteiger partial charge in [0, 0.05) is 30.6 Å². The number of hydrogen-bond donors (Lipinski definition) is 1. The van der Waals surface area contributed by atoms with Gasteiger partial charge in [0.15, 0.2) is 11.5 Å². The lowest BCUT2D eigenvalue weighted by Crippen LogP contribution is -2.53. The molecular weight excluding hydrogens is 638 g/mol. The summed E-state index contributed by atoms with van der Waals surface area (Å²) in [6, 6.07) is 26.6. The van der Waals surface area contributed by atoms with Crippen molar-refractivity contribution in [2.45, 2.75) is 44.2 Å². The number of sulfonamides is 1. The fourth-order valence-electron chi connectivity index (χ4n) is 5.05. The molecule has 0 aliphatic rings. The molecule has 4 aromatic rings. The third-order valence-electron chi connectivity index (χ3n) is 7.63. The van der Waals surface area contributed by atoms with E-state index in [1.807, 2.05) is 44.2 Å². The van der Waals surface area contributed by atoms with Crippen LogP contribution in [-0.4, -0.2) is 58.5 Å². The predicted octanol–water partition coefficient (Wildman–Crippen LogP) is 6.03. The van der Waals surface area contributed by atoms with Crippen LogP contribution in [0.2, 0.25) is 5.02 Å². The Bertz CT molecular complexity index is 1750. The van der Waals surface area contributed by atoms with Crippen LogP contribution < -0.4 is 19.1 Å². The molecule has 0 fully saturated rings. The van der Waals surface area contributed by atoms with Gasteiger partial charge in [-0.05, 0) is 60.9 Å². The van der Waals surface area contributed by atoms with Crippen LogP contribution in [0.25, 0.3) is 0 Å². The molecule has 0 aromatic heterocycles. The van der Waals surface area contributed by atoms with Crippen LogP contribution in [-0.2, 0) is 32.6 Å². The average molecular weight is 678 g/mol. The zero-order valence-corrected chi connectivity index (χ0v) is 28.6. The zero-order chi connectivity index (χ0) is 34.0. The number of nitrogens with zero attached hydrogens (tertiary/aromatic N) is 2. The van der Waals surface area contributed by atoms with Crippen LogP contribution in [0.4, 0.5) is 5.69 Å². The van der Waals surface area contributed by atoms with Crippen molar-refractivity contribution in [1.82, 2.24) is 10.2 Å². The topological polar surface area (TPSA) is 105 Å². The van der Waals surface area contributed by atoms with Crippen LogP contribution in [0.5, 0.6) is 11.5 Å². The Hall–Kier alpha value is -4.54. The minimum absolute atomic E-state index is 0.0468. The van der Waals surface area contributed by atoms with E-state index in [9.17, 15) is 18.0 Å². The number of anilines is 1. The molecule has 1 N–H and O–H groups in total. The van der Waals surface area contributed by atoms with Gasteiger partial charge in [-0.3, -0.25) is 13.9 Å². The summed E-state index contributed by atoms with van der Waals surface area (Å²) >= 11 is 6.15. The van der Waals surface area contributed by atoms with Gasteiger partial charge in [-0.25, -0.2) is 8.42 Å². The first-order valence-electron chi connectivity index (χ1n) is 15.2. The van der Waals surface area contributed by atoms with Crippen molar-refractivity contribution < 1.29 is 27.5 Å². The fraction of sp³-hybridized carbons (Fsp3) is 0.278. The van der Waals surface area contributed by atoms with E-state index in [-0.39, 0.29) is 29.5 Å². The third kappa shape index (κ3) is 9.05. The Labute approximate surface area is 282 Å². The normalized spacial score (nSPS) is 11.8. The van der Waals surface area contributed by atoms with Crippen LogP contribution in [0.15, 0.2) is 102 Å². The maximum absolute atomic E-state index is 14.5. The molecule has 0 aliphatic carbocycles. The Morgan fingerprint density at radius 3 is 2.13 bits per heavy atom. The molecule has 9 nitrogen and oxygen atoms in total. The summed E-state index contributed by atoms with van der Waals surface area (Å²) in [5, 5.41) is 3.47. The number of methoxy groups -OCH3 is 2. The van der Waals surface area contributed by atoms with Crippen molar-refractivity contribution in [1.29, 1.82) is 0 Å². The highest BCUT2D eigenvalue weighted by molar-refractivity contribution is 7.92. The number of benzene rings is 4. The van der Waals surface area contributed by atoms with Gasteiger partial charge >= 0.3 is 0 Å². The summed E-state index contributed by atoms with van der Waals surface area (Å²) in [5.74, 6) is -0.302. The lowest BCUT2D eigenvalue weighted by Gasteiger charge is -2.34. The molecule has 4 rings (SSSR count). The number of hydrogen-bond acceptors (Lipinski definition) is 6. The maximum Gasteiger partial charge on any atom is 0.264 e. The van der Waals surface area contributed by atoms with Gasteiger partial charge in [0.25, 0.3) is 10.0 Å². The van der Waals surface area contributed by atoms with Crippen LogP contribution in [0.3, 0.4) is 0 Å². The van der Waals surface area contributed by atoms with E-state index in [1.165, 1.54) is 37.3 Å². The smallest absolute Gasteiger partial charge is 0.264 e. The molecule has 0 unspecified atom stereocenters. The highest BCUT2D eigenvalue weighted by Crippen LogP contribution is 2.32. The lowest BCUT2D eigenvalue weighted by molar-refractivity contribution is -0.140. The van der Waals surface area contributed by atoms with Crippen LogP contribution >= 0.6 is 11.6 Å².